The Morgan fingerprint density at radius 1 is 1.18 bits per heavy atom. The number of nitrogens with two attached hydrogens (primary N) is 1. The second-order valence-corrected chi connectivity index (χ2v) is 9.17. The second-order valence-electron chi connectivity index (χ2n) is 7.68. The van der Waals surface area contributed by atoms with E-state index in [4.69, 9.17) is 17.3 Å². The molecule has 6 nitrogen and oxygen atoms in total. The van der Waals surface area contributed by atoms with Gasteiger partial charge in [-0.3, -0.25) is 10.1 Å². The molecule has 0 radical (unpaired) electrons. The van der Waals surface area contributed by atoms with E-state index < -0.39 is 11.9 Å². The third-order valence-corrected chi connectivity index (χ3v) is 7.37. The van der Waals surface area contributed by atoms with Crippen molar-refractivity contribution in [2.45, 2.75) is 31.3 Å². The standard InChI is InChI=1S/C19H21ClN4O2S.HI/c1-24(2)12-7-8-14(24)16-13(9-12)15(17(21)25)18(27-16)23-19(26)22-11-5-3-10(20)4-6-11;/h3-6,12,14H,7-9H2,1-2H3,(H3-,21,22,23,25,26);1H/p+1. The molecule has 1 fully saturated rings. The van der Waals surface area contributed by atoms with Crippen molar-refractivity contribution in [1.82, 2.24) is 0 Å². The molecule has 0 spiro atoms. The quantitative estimate of drug-likeness (QED) is 0.398. The summed E-state index contributed by atoms with van der Waals surface area (Å²) in [7, 11) is 4.49. The molecule has 1 saturated heterocycles. The summed E-state index contributed by atoms with van der Waals surface area (Å²) in [5.41, 5.74) is 7.80. The number of primary amides is 1. The Labute approximate surface area is 190 Å². The lowest BCUT2D eigenvalue weighted by Crippen LogP contribution is -2.49. The average Bonchev–Trinajstić information content (AvgIpc) is 3.00. The zero-order valence-corrected chi connectivity index (χ0v) is 19.5. The number of hydrogen-bond donors (Lipinski definition) is 3. The highest BCUT2D eigenvalue weighted by Gasteiger charge is 2.51. The molecular formula is C19H23ClIN4O2S+. The second kappa shape index (κ2) is 7.81. The molecule has 0 saturated carbocycles. The number of hydrogen-bond acceptors (Lipinski definition) is 3. The van der Waals surface area contributed by atoms with Crippen LogP contribution in [0.1, 0.15) is 39.7 Å². The van der Waals surface area contributed by atoms with E-state index in [0.29, 0.717) is 33.4 Å². The van der Waals surface area contributed by atoms with Crippen LogP contribution in [-0.2, 0) is 6.42 Å². The van der Waals surface area contributed by atoms with E-state index in [0.717, 1.165) is 29.3 Å². The van der Waals surface area contributed by atoms with Gasteiger partial charge in [0.25, 0.3) is 5.91 Å². The van der Waals surface area contributed by atoms with Crippen molar-refractivity contribution in [1.29, 1.82) is 0 Å². The first-order chi connectivity index (χ1) is 12.8. The van der Waals surface area contributed by atoms with Crippen molar-refractivity contribution in [2.75, 3.05) is 24.7 Å². The molecule has 150 valence electrons. The summed E-state index contributed by atoms with van der Waals surface area (Å²) in [5, 5.41) is 6.71. The van der Waals surface area contributed by atoms with Crippen LogP contribution in [0.25, 0.3) is 0 Å². The number of carbonyl (C=O) groups is 2. The number of benzene rings is 1. The van der Waals surface area contributed by atoms with Crippen molar-refractivity contribution < 1.29 is 14.1 Å². The van der Waals surface area contributed by atoms with Gasteiger partial charge in [0.2, 0.25) is 0 Å². The molecule has 2 aliphatic rings. The van der Waals surface area contributed by atoms with Gasteiger partial charge in [-0.2, -0.15) is 0 Å². The van der Waals surface area contributed by atoms with Gasteiger partial charge in [0.05, 0.1) is 30.6 Å². The van der Waals surface area contributed by atoms with E-state index in [1.165, 1.54) is 16.2 Å². The monoisotopic (exact) mass is 533 g/mol. The van der Waals surface area contributed by atoms with Gasteiger partial charge >= 0.3 is 6.03 Å². The van der Waals surface area contributed by atoms with E-state index >= 15 is 0 Å². The zero-order chi connectivity index (χ0) is 19.3. The molecule has 1 aromatic carbocycles. The molecule has 3 amide bonds. The van der Waals surface area contributed by atoms with E-state index in [-0.39, 0.29) is 24.0 Å². The molecule has 9 heteroatoms. The fraction of sp³-hybridized carbons (Fsp3) is 0.368. The number of nitrogens with one attached hydrogen (secondary N) is 2. The van der Waals surface area contributed by atoms with E-state index in [1.54, 1.807) is 24.3 Å². The summed E-state index contributed by atoms with van der Waals surface area (Å²) in [6, 6.07) is 7.28. The van der Waals surface area contributed by atoms with Gasteiger partial charge in [0.15, 0.2) is 0 Å². The highest BCUT2D eigenvalue weighted by Crippen LogP contribution is 2.52. The Kier molecular flexibility index (Phi) is 5.96. The fourth-order valence-corrected chi connectivity index (χ4v) is 6.03. The summed E-state index contributed by atoms with van der Waals surface area (Å²) in [5.74, 6) is -0.485. The summed E-state index contributed by atoms with van der Waals surface area (Å²) in [6.45, 7) is 0. The lowest BCUT2D eigenvalue weighted by molar-refractivity contribution is -0.932. The first-order valence-electron chi connectivity index (χ1n) is 8.89. The van der Waals surface area contributed by atoms with E-state index in [9.17, 15) is 9.59 Å². The molecular weight excluding hydrogens is 511 g/mol. The Morgan fingerprint density at radius 2 is 1.86 bits per heavy atom. The van der Waals surface area contributed by atoms with Crippen molar-refractivity contribution in [3.8, 4) is 0 Å². The van der Waals surface area contributed by atoms with E-state index in [2.05, 4.69) is 24.7 Å². The Bertz CT molecular complexity index is 929. The van der Waals surface area contributed by atoms with Crippen LogP contribution in [0.15, 0.2) is 24.3 Å². The predicted octanol–water partition coefficient (Wildman–Crippen LogP) is 4.60. The van der Waals surface area contributed by atoms with Crippen LogP contribution in [0, 0.1) is 0 Å². The molecule has 28 heavy (non-hydrogen) atoms. The Morgan fingerprint density at radius 3 is 2.50 bits per heavy atom. The topological polar surface area (TPSA) is 84.2 Å². The van der Waals surface area contributed by atoms with Gasteiger partial charge in [-0.15, -0.1) is 35.3 Å². The maximum atomic E-state index is 12.4. The molecule has 2 atom stereocenters. The molecule has 4 rings (SSSR count). The number of thiophene rings is 1. The lowest BCUT2D eigenvalue weighted by Gasteiger charge is -2.41. The highest BCUT2D eigenvalue weighted by molar-refractivity contribution is 14.0. The number of amides is 3. The first kappa shape index (κ1) is 21.4. The summed E-state index contributed by atoms with van der Waals surface area (Å²) in [4.78, 5) is 25.8. The number of halogens is 2. The third-order valence-electron chi connectivity index (χ3n) is 5.87. The molecule has 2 bridgehead atoms. The molecule has 4 N–H and O–H groups in total. The highest BCUT2D eigenvalue weighted by atomic mass is 127. The number of urea groups is 1. The molecule has 1 aromatic heterocycles. The SMILES string of the molecule is C[N+]1(C)C2CCC1c1sc(NC(=O)Nc3ccc(Cl)cc3)c(C(N)=O)c1C2.I. The smallest absolute Gasteiger partial charge is 0.324 e. The Hall–Kier alpha value is -1.36. The number of anilines is 2. The maximum Gasteiger partial charge on any atom is 0.324 e. The number of carbonyl (C=O) groups excluding carboxylic acids is 2. The van der Waals surface area contributed by atoms with Crippen LogP contribution in [0.2, 0.25) is 5.02 Å². The molecule has 2 aromatic rings. The summed E-state index contributed by atoms with van der Waals surface area (Å²) >= 11 is 7.35. The van der Waals surface area contributed by atoms with Crippen molar-refractivity contribution in [3.05, 3.63) is 45.3 Å². The molecule has 2 unspecified atom stereocenters. The number of nitrogens with zero attached hydrogens (tertiary/aromatic N) is 1. The number of fused-ring (bicyclic) bond motifs is 4. The fourth-order valence-electron chi connectivity index (χ4n) is 4.38. The van der Waals surface area contributed by atoms with Crippen LogP contribution >= 0.6 is 46.9 Å². The Balaban J connectivity index is 0.00000225. The third kappa shape index (κ3) is 3.62. The first-order valence-corrected chi connectivity index (χ1v) is 10.1. The van der Waals surface area contributed by atoms with E-state index in [1.807, 2.05) is 0 Å². The van der Waals surface area contributed by atoms with Gasteiger partial charge in [0, 0.05) is 30.0 Å². The lowest BCUT2D eigenvalue weighted by atomic mass is 9.95. The van der Waals surface area contributed by atoms with Gasteiger partial charge < -0.3 is 15.5 Å². The van der Waals surface area contributed by atoms with Crippen LogP contribution < -0.4 is 16.4 Å². The summed E-state index contributed by atoms with van der Waals surface area (Å²) in [6.07, 6.45) is 3.07. The van der Waals surface area contributed by atoms with Crippen LogP contribution in [0.4, 0.5) is 15.5 Å². The van der Waals surface area contributed by atoms with Crippen LogP contribution in [0.5, 0.6) is 0 Å². The average molecular weight is 534 g/mol. The van der Waals surface area contributed by atoms with Crippen molar-refractivity contribution in [2.24, 2.45) is 5.73 Å². The molecule has 0 aliphatic carbocycles. The zero-order valence-electron chi connectivity index (χ0n) is 15.6. The van der Waals surface area contributed by atoms with Crippen molar-refractivity contribution in [3.63, 3.8) is 0 Å². The molecule has 2 aliphatic heterocycles. The van der Waals surface area contributed by atoms with Gasteiger partial charge in [-0.1, -0.05) is 11.6 Å². The number of rotatable bonds is 3. The largest absolute Gasteiger partial charge is 0.365 e. The van der Waals surface area contributed by atoms with Crippen molar-refractivity contribution >= 4 is 69.5 Å². The number of likely N-dealkylation sites (N-methyl/N-ethyl adjacent to an activating group) is 1. The van der Waals surface area contributed by atoms with Crippen LogP contribution in [0.3, 0.4) is 0 Å². The predicted molar refractivity (Wildman–Crippen MR) is 124 cm³/mol. The van der Waals surface area contributed by atoms with Crippen LogP contribution in [-0.4, -0.2) is 36.6 Å². The maximum absolute atomic E-state index is 12.4. The minimum absolute atomic E-state index is 0. The molecule has 3 heterocycles. The normalized spacial score (nSPS) is 21.4. The van der Waals surface area contributed by atoms with Gasteiger partial charge in [0.1, 0.15) is 11.0 Å². The number of quaternary nitrogens is 1. The minimum Gasteiger partial charge on any atom is -0.365 e. The summed E-state index contributed by atoms with van der Waals surface area (Å²) < 4.78 is 0.933. The minimum atomic E-state index is -0.485. The van der Waals surface area contributed by atoms with Gasteiger partial charge in [-0.05, 0) is 29.8 Å². The van der Waals surface area contributed by atoms with Gasteiger partial charge in [-0.25, -0.2) is 4.79 Å².